The third-order valence-corrected chi connectivity index (χ3v) is 3.29. The van der Waals surface area contributed by atoms with E-state index in [1.54, 1.807) is 6.92 Å². The van der Waals surface area contributed by atoms with Crippen LogP contribution in [0.4, 0.5) is 0 Å². The Bertz CT molecular complexity index is 635. The van der Waals surface area contributed by atoms with Crippen LogP contribution in [0.5, 0.6) is 0 Å². The van der Waals surface area contributed by atoms with Gasteiger partial charge in [0.25, 0.3) is 0 Å². The third kappa shape index (κ3) is 6.82. The zero-order chi connectivity index (χ0) is 18.5. The monoisotopic (exact) mass is 325 g/mol. The normalized spacial score (nSPS) is 11.0. The Kier molecular flexibility index (Phi) is 10.9. The summed E-state index contributed by atoms with van der Waals surface area (Å²) >= 11 is 0. The molecule has 0 aliphatic rings. The average Bonchev–Trinajstić information content (AvgIpc) is 2.65. The van der Waals surface area contributed by atoms with Crippen LogP contribution in [0.15, 0.2) is 53.7 Å². The topological polar surface area (TPSA) is 32.6 Å². The molecule has 0 atom stereocenters. The summed E-state index contributed by atoms with van der Waals surface area (Å²) in [6.07, 6.45) is 2.04. The standard InChI is InChI=1S/C18H19NO.2C2H6/c1-13-4-8-16(9-5-13)12-18(15(3)19-20)17-10-6-14(2)7-11-17;2*1-2/h4-12,20H,1-3H3;2*1-2H3/b18-12-,19-15+;;. The molecule has 0 saturated carbocycles. The number of benzene rings is 2. The minimum absolute atomic E-state index is 0.606. The molecule has 0 unspecified atom stereocenters. The molecular formula is C22H31NO. The summed E-state index contributed by atoms with van der Waals surface area (Å²) in [5.41, 5.74) is 6.11. The van der Waals surface area contributed by atoms with Gasteiger partial charge in [0, 0.05) is 5.57 Å². The van der Waals surface area contributed by atoms with Crippen molar-refractivity contribution in [3.63, 3.8) is 0 Å². The van der Waals surface area contributed by atoms with E-state index in [2.05, 4.69) is 55.4 Å². The molecule has 2 aromatic rings. The lowest BCUT2D eigenvalue weighted by Gasteiger charge is -2.07. The Morgan fingerprint density at radius 3 is 1.62 bits per heavy atom. The summed E-state index contributed by atoms with van der Waals surface area (Å²) < 4.78 is 0. The van der Waals surface area contributed by atoms with Crippen LogP contribution in [0, 0.1) is 13.8 Å². The molecule has 0 aromatic heterocycles. The maximum absolute atomic E-state index is 9.09. The lowest BCUT2D eigenvalue weighted by Crippen LogP contribution is -1.97. The fourth-order valence-electron chi connectivity index (χ4n) is 2.01. The van der Waals surface area contributed by atoms with E-state index >= 15 is 0 Å². The minimum atomic E-state index is 0.606. The van der Waals surface area contributed by atoms with Crippen LogP contribution in [0.25, 0.3) is 11.6 Å². The molecule has 0 aliphatic heterocycles. The highest BCUT2D eigenvalue weighted by Crippen LogP contribution is 2.21. The lowest BCUT2D eigenvalue weighted by molar-refractivity contribution is 0.319. The van der Waals surface area contributed by atoms with Gasteiger partial charge in [-0.25, -0.2) is 0 Å². The van der Waals surface area contributed by atoms with Crippen molar-refractivity contribution in [2.75, 3.05) is 0 Å². The van der Waals surface area contributed by atoms with Crippen LogP contribution in [0.2, 0.25) is 0 Å². The highest BCUT2D eigenvalue weighted by Gasteiger charge is 2.06. The maximum atomic E-state index is 9.09. The number of oxime groups is 1. The van der Waals surface area contributed by atoms with Crippen molar-refractivity contribution in [3.05, 3.63) is 70.8 Å². The molecule has 2 rings (SSSR count). The van der Waals surface area contributed by atoms with Crippen LogP contribution in [0.1, 0.15) is 56.9 Å². The predicted octanol–water partition coefficient (Wildman–Crippen LogP) is 6.75. The first-order chi connectivity index (χ1) is 11.6. The largest absolute Gasteiger partial charge is 0.411 e. The summed E-state index contributed by atoms with van der Waals surface area (Å²) in [5, 5.41) is 12.4. The van der Waals surface area contributed by atoms with Gasteiger partial charge < -0.3 is 5.21 Å². The Morgan fingerprint density at radius 2 is 1.21 bits per heavy atom. The first kappa shape index (κ1) is 21.7. The second kappa shape index (κ2) is 12.1. The molecule has 2 nitrogen and oxygen atoms in total. The van der Waals surface area contributed by atoms with Gasteiger partial charge >= 0.3 is 0 Å². The molecule has 1 N–H and O–H groups in total. The fourth-order valence-corrected chi connectivity index (χ4v) is 2.01. The maximum Gasteiger partial charge on any atom is 0.0843 e. The van der Waals surface area contributed by atoms with Gasteiger partial charge in [0.05, 0.1) is 5.71 Å². The van der Waals surface area contributed by atoms with Gasteiger partial charge in [-0.2, -0.15) is 0 Å². The molecular weight excluding hydrogens is 294 g/mol. The van der Waals surface area contributed by atoms with E-state index in [-0.39, 0.29) is 0 Å². The van der Waals surface area contributed by atoms with Crippen molar-refractivity contribution in [1.82, 2.24) is 0 Å². The summed E-state index contributed by atoms with van der Waals surface area (Å²) in [7, 11) is 0. The number of aryl methyl sites for hydroxylation is 2. The van der Waals surface area contributed by atoms with Gasteiger partial charge in [-0.3, -0.25) is 0 Å². The number of allylic oxidation sites excluding steroid dienone is 1. The van der Waals surface area contributed by atoms with Crippen LogP contribution in [0.3, 0.4) is 0 Å². The second-order valence-corrected chi connectivity index (χ2v) is 5.02. The smallest absolute Gasteiger partial charge is 0.0843 e. The van der Waals surface area contributed by atoms with Crippen LogP contribution >= 0.6 is 0 Å². The van der Waals surface area contributed by atoms with Gasteiger partial charge in [-0.15, -0.1) is 0 Å². The molecule has 0 saturated heterocycles. The van der Waals surface area contributed by atoms with Crippen molar-refractivity contribution in [1.29, 1.82) is 0 Å². The molecule has 2 heteroatoms. The van der Waals surface area contributed by atoms with Crippen molar-refractivity contribution >= 4 is 17.4 Å². The molecule has 0 fully saturated rings. The van der Waals surface area contributed by atoms with Crippen molar-refractivity contribution in [2.24, 2.45) is 5.16 Å². The third-order valence-electron chi connectivity index (χ3n) is 3.29. The van der Waals surface area contributed by atoms with Gasteiger partial charge in [-0.1, -0.05) is 92.5 Å². The van der Waals surface area contributed by atoms with Crippen LogP contribution in [-0.2, 0) is 0 Å². The van der Waals surface area contributed by atoms with Gasteiger partial charge in [0.1, 0.15) is 0 Å². The van der Waals surface area contributed by atoms with Gasteiger partial charge in [0.15, 0.2) is 0 Å². The summed E-state index contributed by atoms with van der Waals surface area (Å²) in [4.78, 5) is 0. The molecule has 0 spiro atoms. The van der Waals surface area contributed by atoms with E-state index in [0.717, 1.165) is 16.7 Å². The predicted molar refractivity (Wildman–Crippen MR) is 108 cm³/mol. The van der Waals surface area contributed by atoms with E-state index in [9.17, 15) is 0 Å². The minimum Gasteiger partial charge on any atom is -0.411 e. The first-order valence-electron chi connectivity index (χ1n) is 8.64. The SMILES string of the molecule is CC.CC.CC(=N\O)/C(=C/c1ccc(C)cc1)c1ccc(C)cc1. The Morgan fingerprint density at radius 1 is 0.792 bits per heavy atom. The summed E-state index contributed by atoms with van der Waals surface area (Å²) in [6, 6.07) is 16.5. The number of hydrogen-bond donors (Lipinski definition) is 1. The molecule has 0 amide bonds. The van der Waals surface area contributed by atoms with Crippen LogP contribution in [-0.4, -0.2) is 10.9 Å². The molecule has 2 aromatic carbocycles. The van der Waals surface area contributed by atoms with E-state index in [1.807, 2.05) is 45.9 Å². The Hall–Kier alpha value is -2.35. The quantitative estimate of drug-likeness (QED) is 0.288. The van der Waals surface area contributed by atoms with Crippen molar-refractivity contribution < 1.29 is 5.21 Å². The van der Waals surface area contributed by atoms with E-state index in [0.29, 0.717) is 5.71 Å². The summed E-state index contributed by atoms with van der Waals surface area (Å²) in [6.45, 7) is 13.9. The van der Waals surface area contributed by atoms with Crippen molar-refractivity contribution in [3.8, 4) is 0 Å². The van der Waals surface area contributed by atoms with E-state index in [4.69, 9.17) is 5.21 Å². The lowest BCUT2D eigenvalue weighted by atomic mass is 9.98. The summed E-state index contributed by atoms with van der Waals surface area (Å²) in [5.74, 6) is 0. The van der Waals surface area contributed by atoms with Gasteiger partial charge in [0.2, 0.25) is 0 Å². The average molecular weight is 325 g/mol. The van der Waals surface area contributed by atoms with E-state index in [1.165, 1.54) is 11.1 Å². The highest BCUT2D eigenvalue weighted by molar-refractivity contribution is 6.26. The first-order valence-corrected chi connectivity index (χ1v) is 8.64. The Balaban J connectivity index is 0.00000123. The highest BCUT2D eigenvalue weighted by atomic mass is 16.4. The molecule has 130 valence electrons. The molecule has 0 heterocycles. The number of hydrogen-bond acceptors (Lipinski definition) is 2. The van der Waals surface area contributed by atoms with Crippen molar-refractivity contribution in [2.45, 2.75) is 48.5 Å². The molecule has 0 aliphatic carbocycles. The number of nitrogens with zero attached hydrogens (tertiary/aromatic N) is 1. The number of rotatable bonds is 3. The zero-order valence-electron chi connectivity index (χ0n) is 16.1. The van der Waals surface area contributed by atoms with Gasteiger partial charge in [-0.05, 0) is 38.0 Å². The zero-order valence-corrected chi connectivity index (χ0v) is 16.1. The fraction of sp³-hybridized carbons (Fsp3) is 0.318. The second-order valence-electron chi connectivity index (χ2n) is 5.02. The van der Waals surface area contributed by atoms with Crippen LogP contribution < -0.4 is 0 Å². The molecule has 24 heavy (non-hydrogen) atoms. The molecule has 0 bridgehead atoms. The molecule has 0 radical (unpaired) electrons. The Labute approximate surface area is 147 Å². The van der Waals surface area contributed by atoms with E-state index < -0.39 is 0 Å².